The molecule has 9 heteroatoms. The number of ether oxygens (including phenoxy) is 1. The Balaban J connectivity index is 2.81. The number of non-ortho nitro benzene ring substituents is 1. The summed E-state index contributed by atoms with van der Waals surface area (Å²) in [6.07, 6.45) is 0.457. The number of nitro benzene ring substituents is 2. The van der Waals surface area contributed by atoms with Gasteiger partial charge in [0.1, 0.15) is 0 Å². The fourth-order valence-corrected chi connectivity index (χ4v) is 2.15. The van der Waals surface area contributed by atoms with Gasteiger partial charge < -0.3 is 4.74 Å². The van der Waals surface area contributed by atoms with Crippen molar-refractivity contribution in [3.8, 4) is 0 Å². The summed E-state index contributed by atoms with van der Waals surface area (Å²) >= 11 is 0.918. The van der Waals surface area contributed by atoms with E-state index in [1.807, 2.05) is 6.92 Å². The quantitative estimate of drug-likeness (QED) is 0.329. The molecule has 0 aliphatic heterocycles. The Kier molecular flexibility index (Phi) is 6.10. The summed E-state index contributed by atoms with van der Waals surface area (Å²) in [6, 6.07) is 3.30. The molecule has 0 unspecified atom stereocenters. The van der Waals surface area contributed by atoms with Crippen molar-refractivity contribution in [3.05, 3.63) is 38.4 Å². The highest BCUT2D eigenvalue weighted by molar-refractivity contribution is 8.00. The number of nitro groups is 2. The van der Waals surface area contributed by atoms with Gasteiger partial charge in [-0.2, -0.15) is 0 Å². The molecule has 0 aliphatic carbocycles. The van der Waals surface area contributed by atoms with Gasteiger partial charge in [0.05, 0.1) is 32.7 Å². The summed E-state index contributed by atoms with van der Waals surface area (Å²) in [5.41, 5.74) is -0.765. The summed E-state index contributed by atoms with van der Waals surface area (Å²) in [5.74, 6) is -0.579. The maximum atomic E-state index is 11.5. The molecular formula is C12H14N2O6S. The third kappa shape index (κ3) is 5.03. The minimum Gasteiger partial charge on any atom is -0.462 e. The van der Waals surface area contributed by atoms with Gasteiger partial charge in [0.25, 0.3) is 11.4 Å². The first kappa shape index (κ1) is 16.9. The Hall–Kier alpha value is -2.16. The van der Waals surface area contributed by atoms with E-state index < -0.39 is 21.5 Å². The molecule has 0 aliphatic rings. The zero-order valence-electron chi connectivity index (χ0n) is 11.5. The van der Waals surface area contributed by atoms with Gasteiger partial charge in [-0.15, -0.1) is 11.8 Å². The molecule has 1 aromatic carbocycles. The van der Waals surface area contributed by atoms with E-state index in [2.05, 4.69) is 0 Å². The molecule has 114 valence electrons. The molecule has 0 fully saturated rings. The normalized spacial score (nSPS) is 11.7. The molecule has 1 rings (SSSR count). The zero-order chi connectivity index (χ0) is 16.0. The maximum Gasteiger partial charge on any atom is 0.316 e. The van der Waals surface area contributed by atoms with Gasteiger partial charge in [-0.05, 0) is 19.4 Å². The smallest absolute Gasteiger partial charge is 0.316 e. The van der Waals surface area contributed by atoms with Gasteiger partial charge in [0.2, 0.25) is 0 Å². The zero-order valence-corrected chi connectivity index (χ0v) is 12.3. The van der Waals surface area contributed by atoms with Crippen LogP contribution in [0.2, 0.25) is 0 Å². The Morgan fingerprint density at radius 3 is 2.52 bits per heavy atom. The second-order valence-corrected chi connectivity index (χ2v) is 5.18. The average Bonchev–Trinajstić information content (AvgIpc) is 2.44. The predicted molar refractivity (Wildman–Crippen MR) is 76.3 cm³/mol. The van der Waals surface area contributed by atoms with Crippen molar-refractivity contribution in [3.63, 3.8) is 0 Å². The molecule has 0 spiro atoms. The molecule has 1 atom stereocenters. The first-order valence-corrected chi connectivity index (χ1v) is 7.08. The number of thioether (sulfide) groups is 1. The molecule has 0 aromatic heterocycles. The summed E-state index contributed by atoms with van der Waals surface area (Å²) in [7, 11) is 0. The molecule has 21 heavy (non-hydrogen) atoms. The van der Waals surface area contributed by atoms with Crippen LogP contribution in [-0.4, -0.2) is 27.7 Å². The summed E-state index contributed by atoms with van der Waals surface area (Å²) in [6.45, 7) is 3.61. The molecule has 0 saturated heterocycles. The van der Waals surface area contributed by atoms with Gasteiger partial charge in [0, 0.05) is 6.07 Å². The number of esters is 1. The summed E-state index contributed by atoms with van der Waals surface area (Å²) in [4.78, 5) is 31.8. The maximum absolute atomic E-state index is 11.5. The standard InChI is InChI=1S/C12H14N2O6S/c1-3-8(2)20-12(15)7-21-11-5-4-9(13(16)17)6-10(11)14(18)19/h4-6,8H,3,7H2,1-2H3/t8-/m1/s1. The first-order chi connectivity index (χ1) is 9.85. The van der Waals surface area contributed by atoms with Crippen LogP contribution in [0, 0.1) is 20.2 Å². The van der Waals surface area contributed by atoms with Crippen LogP contribution in [0.1, 0.15) is 20.3 Å². The number of hydrogen-bond donors (Lipinski definition) is 0. The lowest BCUT2D eigenvalue weighted by molar-refractivity contribution is -0.396. The summed E-state index contributed by atoms with van der Waals surface area (Å²) in [5, 5.41) is 21.5. The van der Waals surface area contributed by atoms with E-state index >= 15 is 0 Å². The van der Waals surface area contributed by atoms with Gasteiger partial charge in [-0.1, -0.05) is 6.92 Å². The third-order valence-corrected chi connectivity index (χ3v) is 3.64. The van der Waals surface area contributed by atoms with Crippen LogP contribution in [0.4, 0.5) is 11.4 Å². The van der Waals surface area contributed by atoms with Crippen LogP contribution in [0.25, 0.3) is 0 Å². The van der Waals surface area contributed by atoms with Crippen LogP contribution >= 0.6 is 11.8 Å². The molecule has 0 bridgehead atoms. The van der Waals surface area contributed by atoms with Gasteiger partial charge in [-0.3, -0.25) is 25.0 Å². The Bertz CT molecular complexity index is 563. The average molecular weight is 314 g/mol. The highest BCUT2D eigenvalue weighted by Crippen LogP contribution is 2.32. The molecule has 0 amide bonds. The molecule has 0 N–H and O–H groups in total. The first-order valence-electron chi connectivity index (χ1n) is 6.10. The van der Waals surface area contributed by atoms with Gasteiger partial charge >= 0.3 is 5.97 Å². The predicted octanol–water partition coefficient (Wildman–Crippen LogP) is 2.94. The lowest BCUT2D eigenvalue weighted by atomic mass is 10.3. The van der Waals surface area contributed by atoms with Crippen LogP contribution in [0.5, 0.6) is 0 Å². The molecule has 1 aromatic rings. The van der Waals surface area contributed by atoms with Gasteiger partial charge in [-0.25, -0.2) is 0 Å². The highest BCUT2D eigenvalue weighted by atomic mass is 32.2. The van der Waals surface area contributed by atoms with Crippen molar-refractivity contribution in [2.45, 2.75) is 31.3 Å². The van der Waals surface area contributed by atoms with Crippen LogP contribution < -0.4 is 0 Å². The fraction of sp³-hybridized carbons (Fsp3) is 0.417. The molecule has 8 nitrogen and oxygen atoms in total. The Morgan fingerprint density at radius 2 is 2.00 bits per heavy atom. The molecule has 0 radical (unpaired) electrons. The largest absolute Gasteiger partial charge is 0.462 e. The topological polar surface area (TPSA) is 113 Å². The van der Waals surface area contributed by atoms with E-state index in [0.717, 1.165) is 23.9 Å². The number of benzene rings is 1. The van der Waals surface area contributed by atoms with E-state index in [0.29, 0.717) is 6.42 Å². The van der Waals surface area contributed by atoms with Crippen molar-refractivity contribution in [1.29, 1.82) is 0 Å². The fourth-order valence-electron chi connectivity index (χ4n) is 1.36. The van der Waals surface area contributed by atoms with E-state index in [9.17, 15) is 25.0 Å². The van der Waals surface area contributed by atoms with Crippen LogP contribution in [0.15, 0.2) is 23.1 Å². The third-order valence-electron chi connectivity index (χ3n) is 2.60. The lowest BCUT2D eigenvalue weighted by Crippen LogP contribution is -2.15. The molecular weight excluding hydrogens is 300 g/mol. The van der Waals surface area contributed by atoms with Crippen molar-refractivity contribution in [2.75, 3.05) is 5.75 Å². The Morgan fingerprint density at radius 1 is 1.33 bits per heavy atom. The number of carbonyl (C=O) groups excluding carboxylic acids is 1. The summed E-state index contributed by atoms with van der Waals surface area (Å²) < 4.78 is 5.05. The number of rotatable bonds is 7. The van der Waals surface area contributed by atoms with E-state index in [1.54, 1.807) is 6.92 Å². The Labute approximate surface area is 124 Å². The number of hydrogen-bond acceptors (Lipinski definition) is 7. The second-order valence-electron chi connectivity index (χ2n) is 4.16. The van der Waals surface area contributed by atoms with E-state index in [-0.39, 0.29) is 22.4 Å². The minimum atomic E-state index is -0.713. The van der Waals surface area contributed by atoms with Crippen molar-refractivity contribution in [2.24, 2.45) is 0 Å². The van der Waals surface area contributed by atoms with Crippen molar-refractivity contribution >= 4 is 29.1 Å². The van der Waals surface area contributed by atoms with E-state index in [4.69, 9.17) is 4.74 Å². The highest BCUT2D eigenvalue weighted by Gasteiger charge is 2.20. The molecule has 0 heterocycles. The number of nitrogens with zero attached hydrogens (tertiary/aromatic N) is 2. The number of carbonyl (C=O) groups is 1. The second kappa shape index (κ2) is 7.58. The molecule has 0 saturated carbocycles. The van der Waals surface area contributed by atoms with Crippen molar-refractivity contribution in [1.82, 2.24) is 0 Å². The monoisotopic (exact) mass is 314 g/mol. The minimum absolute atomic E-state index is 0.0943. The van der Waals surface area contributed by atoms with E-state index in [1.165, 1.54) is 6.07 Å². The van der Waals surface area contributed by atoms with Crippen LogP contribution in [0.3, 0.4) is 0 Å². The SMILES string of the molecule is CC[C@@H](C)OC(=O)CSc1ccc([N+](=O)[O-])cc1[N+](=O)[O-]. The van der Waals surface area contributed by atoms with Crippen molar-refractivity contribution < 1.29 is 19.4 Å². The van der Waals surface area contributed by atoms with Gasteiger partial charge in [0.15, 0.2) is 0 Å². The lowest BCUT2D eigenvalue weighted by Gasteiger charge is -2.10. The van der Waals surface area contributed by atoms with Crippen LogP contribution in [-0.2, 0) is 9.53 Å².